The first-order chi connectivity index (χ1) is 16.5. The van der Waals surface area contributed by atoms with Crippen LogP contribution in [0.1, 0.15) is 27.7 Å². The maximum absolute atomic E-state index is 12.0. The molecule has 0 aromatic heterocycles. The van der Waals surface area contributed by atoms with Crippen LogP contribution < -0.4 is 9.47 Å². The van der Waals surface area contributed by atoms with E-state index < -0.39 is 24.0 Å². The van der Waals surface area contributed by atoms with Crippen LogP contribution in [0.4, 0.5) is 0 Å². The Kier molecular flexibility index (Phi) is 7.87. The first-order valence-electron chi connectivity index (χ1n) is 11.1. The fourth-order valence-corrected chi connectivity index (χ4v) is 2.95. The van der Waals surface area contributed by atoms with E-state index in [4.69, 9.17) is 14.2 Å². The van der Waals surface area contributed by atoms with E-state index in [1.807, 2.05) is 69.3 Å². The summed E-state index contributed by atoms with van der Waals surface area (Å²) in [5.41, 5.74) is 3.63. The monoisotopic (exact) mass is 472 g/mol. The Labute approximate surface area is 205 Å². The number of carbonyl (C=O) groups is 3. The maximum Gasteiger partial charge on any atom is 0.349 e. The third-order valence-corrected chi connectivity index (χ3v) is 4.98. The lowest BCUT2D eigenvalue weighted by Crippen LogP contribution is -2.25. The molecule has 180 valence electrons. The fraction of sp³-hybridized carbons (Fsp3) is 0.207. The lowest BCUT2D eigenvalue weighted by atomic mass is 9.97. The van der Waals surface area contributed by atoms with E-state index >= 15 is 0 Å². The van der Waals surface area contributed by atoms with Crippen molar-refractivity contribution in [3.8, 4) is 33.8 Å². The highest BCUT2D eigenvalue weighted by Gasteiger charge is 2.23. The lowest BCUT2D eigenvalue weighted by molar-refractivity contribution is -0.150. The number of hydrogen-bond donors (Lipinski definition) is 0. The molecule has 0 saturated carbocycles. The summed E-state index contributed by atoms with van der Waals surface area (Å²) in [5, 5.41) is 0. The molecule has 0 unspecified atom stereocenters. The zero-order chi connectivity index (χ0) is 25.6. The summed E-state index contributed by atoms with van der Waals surface area (Å²) >= 11 is 0. The summed E-state index contributed by atoms with van der Waals surface area (Å²) in [5.74, 6) is -0.716. The molecule has 0 bridgehead atoms. The van der Waals surface area contributed by atoms with Gasteiger partial charge in [0.1, 0.15) is 11.5 Å². The molecule has 0 aliphatic carbocycles. The quantitative estimate of drug-likeness (QED) is 0.239. The fourth-order valence-electron chi connectivity index (χ4n) is 2.95. The van der Waals surface area contributed by atoms with E-state index in [2.05, 4.69) is 6.58 Å². The zero-order valence-corrected chi connectivity index (χ0v) is 20.3. The van der Waals surface area contributed by atoms with Crippen LogP contribution in [-0.4, -0.2) is 24.5 Å². The van der Waals surface area contributed by atoms with Gasteiger partial charge in [-0.1, -0.05) is 55.1 Å². The average Bonchev–Trinajstić information content (AvgIpc) is 2.83. The van der Waals surface area contributed by atoms with E-state index in [1.54, 1.807) is 24.3 Å². The number of rotatable bonds is 7. The van der Waals surface area contributed by atoms with Crippen molar-refractivity contribution < 1.29 is 28.6 Å². The van der Waals surface area contributed by atoms with Crippen molar-refractivity contribution in [1.29, 1.82) is 0 Å². The van der Waals surface area contributed by atoms with Gasteiger partial charge in [0.2, 0.25) is 0 Å². The Hall–Kier alpha value is -4.19. The molecule has 0 N–H and O–H groups in total. The molecule has 0 aliphatic rings. The Morgan fingerprint density at radius 3 is 1.43 bits per heavy atom. The standard InChI is InChI=1S/C29H28O6/c1-19(2)27(31)33-18-26(30)34-24-14-10-22(11-15-24)20-6-8-21(9-7-20)23-12-16-25(17-13-23)35-28(32)29(3,4)5/h6-17H,1,18H2,2-5H3. The molecule has 0 heterocycles. The normalized spacial score (nSPS) is 10.9. The van der Waals surface area contributed by atoms with Gasteiger partial charge in [0.05, 0.1) is 5.41 Å². The predicted molar refractivity (Wildman–Crippen MR) is 134 cm³/mol. The van der Waals surface area contributed by atoms with Crippen LogP contribution in [0.15, 0.2) is 84.9 Å². The second-order valence-electron chi connectivity index (χ2n) is 9.10. The molecule has 0 radical (unpaired) electrons. The average molecular weight is 473 g/mol. The second-order valence-corrected chi connectivity index (χ2v) is 9.10. The highest BCUT2D eigenvalue weighted by atomic mass is 16.6. The van der Waals surface area contributed by atoms with Crippen LogP contribution in [0.5, 0.6) is 11.5 Å². The number of benzene rings is 3. The molecule has 3 aromatic carbocycles. The molecule has 0 amide bonds. The molecule has 0 aliphatic heterocycles. The SMILES string of the molecule is C=C(C)C(=O)OCC(=O)Oc1ccc(-c2ccc(-c3ccc(OC(=O)C(C)(C)C)cc3)cc2)cc1. The number of ether oxygens (including phenoxy) is 3. The Balaban J connectivity index is 1.60. The van der Waals surface area contributed by atoms with Crippen molar-refractivity contribution in [2.75, 3.05) is 6.61 Å². The minimum atomic E-state index is -0.670. The van der Waals surface area contributed by atoms with Crippen LogP contribution in [0.3, 0.4) is 0 Å². The summed E-state index contributed by atoms with van der Waals surface area (Å²) in [6.45, 7) is 9.93. The first kappa shape index (κ1) is 25.4. The topological polar surface area (TPSA) is 78.9 Å². The molecule has 0 fully saturated rings. The molecular formula is C29H28O6. The first-order valence-corrected chi connectivity index (χ1v) is 11.1. The molecular weight excluding hydrogens is 444 g/mol. The van der Waals surface area contributed by atoms with Gasteiger partial charge in [-0.05, 0) is 74.2 Å². The lowest BCUT2D eigenvalue weighted by Gasteiger charge is -2.16. The predicted octanol–water partition coefficient (Wildman–Crippen LogP) is 6.00. The third-order valence-electron chi connectivity index (χ3n) is 4.98. The summed E-state index contributed by atoms with van der Waals surface area (Å²) in [4.78, 5) is 35.2. The highest BCUT2D eigenvalue weighted by Crippen LogP contribution is 2.28. The molecule has 6 heteroatoms. The number of carbonyl (C=O) groups excluding carboxylic acids is 3. The maximum atomic E-state index is 12.0. The van der Waals surface area contributed by atoms with Gasteiger partial charge < -0.3 is 14.2 Å². The van der Waals surface area contributed by atoms with Crippen LogP contribution in [0.25, 0.3) is 22.3 Å². The summed E-state index contributed by atoms with van der Waals surface area (Å²) in [7, 11) is 0. The third kappa shape index (κ3) is 7.14. The molecule has 0 saturated heterocycles. The van der Waals surface area contributed by atoms with Gasteiger partial charge in [-0.25, -0.2) is 9.59 Å². The second kappa shape index (κ2) is 10.8. The van der Waals surface area contributed by atoms with Crippen LogP contribution >= 0.6 is 0 Å². The van der Waals surface area contributed by atoms with Crippen molar-refractivity contribution >= 4 is 17.9 Å². The van der Waals surface area contributed by atoms with E-state index in [0.29, 0.717) is 11.5 Å². The van der Waals surface area contributed by atoms with Gasteiger partial charge >= 0.3 is 17.9 Å². The molecule has 0 atom stereocenters. The minimum Gasteiger partial charge on any atom is -0.450 e. The van der Waals surface area contributed by atoms with Crippen molar-refractivity contribution in [1.82, 2.24) is 0 Å². The minimum absolute atomic E-state index is 0.215. The molecule has 6 nitrogen and oxygen atoms in total. The smallest absolute Gasteiger partial charge is 0.349 e. The highest BCUT2D eigenvalue weighted by molar-refractivity contribution is 5.88. The van der Waals surface area contributed by atoms with Gasteiger partial charge in [-0.2, -0.15) is 0 Å². The van der Waals surface area contributed by atoms with E-state index in [-0.39, 0.29) is 11.5 Å². The van der Waals surface area contributed by atoms with Crippen molar-refractivity contribution in [3.63, 3.8) is 0 Å². The van der Waals surface area contributed by atoms with Crippen molar-refractivity contribution in [2.45, 2.75) is 27.7 Å². The molecule has 35 heavy (non-hydrogen) atoms. The van der Waals surface area contributed by atoms with E-state index in [1.165, 1.54) is 6.92 Å². The van der Waals surface area contributed by atoms with Gasteiger partial charge in [-0.3, -0.25) is 4.79 Å². The number of hydrogen-bond acceptors (Lipinski definition) is 6. The largest absolute Gasteiger partial charge is 0.450 e. The molecule has 3 rings (SSSR count). The summed E-state index contributed by atoms with van der Waals surface area (Å²) < 4.78 is 15.4. The van der Waals surface area contributed by atoms with Crippen LogP contribution in [0.2, 0.25) is 0 Å². The van der Waals surface area contributed by atoms with Gasteiger partial charge in [0.25, 0.3) is 0 Å². The van der Waals surface area contributed by atoms with Gasteiger partial charge in [-0.15, -0.1) is 0 Å². The van der Waals surface area contributed by atoms with Crippen LogP contribution in [-0.2, 0) is 19.1 Å². The Bertz CT molecular complexity index is 1210. The van der Waals surface area contributed by atoms with Crippen molar-refractivity contribution in [2.24, 2.45) is 5.41 Å². The summed E-state index contributed by atoms with van der Waals surface area (Å²) in [6.07, 6.45) is 0. The van der Waals surface area contributed by atoms with E-state index in [9.17, 15) is 14.4 Å². The van der Waals surface area contributed by atoms with Crippen LogP contribution in [0, 0.1) is 5.41 Å². The molecule has 0 spiro atoms. The zero-order valence-electron chi connectivity index (χ0n) is 20.3. The Morgan fingerprint density at radius 2 is 1.06 bits per heavy atom. The van der Waals surface area contributed by atoms with E-state index in [0.717, 1.165) is 22.3 Å². The number of esters is 3. The molecule has 3 aromatic rings. The van der Waals surface area contributed by atoms with Gasteiger partial charge in [0.15, 0.2) is 6.61 Å². The van der Waals surface area contributed by atoms with Gasteiger partial charge in [0, 0.05) is 5.57 Å². The Morgan fingerprint density at radius 1 is 0.686 bits per heavy atom. The summed E-state index contributed by atoms with van der Waals surface area (Å²) in [6, 6.07) is 22.5. The van der Waals surface area contributed by atoms with Crippen molar-refractivity contribution in [3.05, 3.63) is 84.9 Å².